The molecule has 5 rings (SSSR count). The van der Waals surface area contributed by atoms with Crippen molar-refractivity contribution < 1.29 is 29.3 Å². The van der Waals surface area contributed by atoms with Gasteiger partial charge in [0.05, 0.1) is 18.3 Å². The molecule has 0 bridgehead atoms. The molecule has 1 saturated heterocycles. The van der Waals surface area contributed by atoms with Crippen molar-refractivity contribution in [2.75, 3.05) is 6.61 Å². The first-order chi connectivity index (χ1) is 17.3. The van der Waals surface area contributed by atoms with E-state index in [1.165, 1.54) is 6.92 Å². The number of ketones is 1. The van der Waals surface area contributed by atoms with E-state index in [1.807, 2.05) is 6.92 Å². The second-order valence-corrected chi connectivity index (χ2v) is 14.0. The maximum Gasteiger partial charge on any atom is 0.303 e. The molecule has 1 aliphatic heterocycles. The summed E-state index contributed by atoms with van der Waals surface area (Å²) in [5.74, 6) is -0.152. The zero-order valence-corrected chi connectivity index (χ0v) is 24.0. The molecule has 5 aliphatic rings. The molecule has 2 saturated carbocycles. The number of carbonyl (C=O) groups is 2. The maximum atomic E-state index is 13.0. The summed E-state index contributed by atoms with van der Waals surface area (Å²) in [6.07, 6.45) is 6.11. The molecular weight excluding hydrogens is 468 g/mol. The summed E-state index contributed by atoms with van der Waals surface area (Å²) in [5.41, 5.74) is 1.87. The number of rotatable bonds is 4. The summed E-state index contributed by atoms with van der Waals surface area (Å²) >= 11 is 0. The Morgan fingerprint density at radius 1 is 1.03 bits per heavy atom. The number of ether oxygens (including phenoxy) is 2. The number of aliphatic hydroxyl groups excluding tert-OH is 2. The highest BCUT2D eigenvalue weighted by atomic mass is 16.6. The van der Waals surface area contributed by atoms with E-state index in [1.54, 1.807) is 11.1 Å². The fourth-order valence-electron chi connectivity index (χ4n) is 10.4. The van der Waals surface area contributed by atoms with Gasteiger partial charge in [-0.15, -0.1) is 0 Å². The number of hydrogen-bond donors (Lipinski definition) is 2. The third kappa shape index (κ3) is 3.27. The lowest BCUT2D eigenvalue weighted by molar-refractivity contribution is -0.166. The third-order valence-electron chi connectivity index (χ3n) is 12.9. The van der Waals surface area contributed by atoms with Gasteiger partial charge in [0.2, 0.25) is 0 Å². The minimum Gasteiger partial charge on any atom is -0.459 e. The molecule has 6 nitrogen and oxygen atoms in total. The van der Waals surface area contributed by atoms with Crippen LogP contribution in [0.5, 0.6) is 0 Å². The Morgan fingerprint density at radius 3 is 2.35 bits per heavy atom. The first kappa shape index (κ1) is 27.3. The highest BCUT2D eigenvalue weighted by Crippen LogP contribution is 2.75. The van der Waals surface area contributed by atoms with Crippen LogP contribution in [0.1, 0.15) is 106 Å². The van der Waals surface area contributed by atoms with Gasteiger partial charge in [0.1, 0.15) is 6.10 Å². The molecule has 2 N–H and O–H groups in total. The van der Waals surface area contributed by atoms with Gasteiger partial charge >= 0.3 is 5.97 Å². The lowest BCUT2D eigenvalue weighted by atomic mass is 9.42. The van der Waals surface area contributed by atoms with Gasteiger partial charge in [-0.1, -0.05) is 52.7 Å². The van der Waals surface area contributed by atoms with Crippen LogP contribution in [0, 0.1) is 33.5 Å². The van der Waals surface area contributed by atoms with Gasteiger partial charge < -0.3 is 19.7 Å². The van der Waals surface area contributed by atoms with Crippen LogP contribution in [-0.2, 0) is 19.1 Å². The molecule has 0 amide bonds. The topological polar surface area (TPSA) is 93.1 Å². The van der Waals surface area contributed by atoms with E-state index in [0.29, 0.717) is 6.42 Å². The Kier molecular flexibility index (Phi) is 6.37. The molecule has 208 valence electrons. The molecule has 1 heterocycles. The Morgan fingerprint density at radius 2 is 1.73 bits per heavy atom. The van der Waals surface area contributed by atoms with E-state index < -0.39 is 29.3 Å². The normalized spacial score (nSPS) is 51.0. The zero-order chi connectivity index (χ0) is 27.2. The van der Waals surface area contributed by atoms with Crippen molar-refractivity contribution in [2.45, 2.75) is 130 Å². The average molecular weight is 517 g/mol. The summed E-state index contributed by atoms with van der Waals surface area (Å²) in [7, 11) is 0. The van der Waals surface area contributed by atoms with Crippen molar-refractivity contribution in [3.05, 3.63) is 11.1 Å². The second-order valence-electron chi connectivity index (χ2n) is 14.0. The van der Waals surface area contributed by atoms with Crippen molar-refractivity contribution in [3.8, 4) is 0 Å². The molecule has 37 heavy (non-hydrogen) atoms. The molecule has 10 unspecified atom stereocenters. The van der Waals surface area contributed by atoms with Gasteiger partial charge in [-0.2, -0.15) is 0 Å². The van der Waals surface area contributed by atoms with Gasteiger partial charge in [-0.3, -0.25) is 9.59 Å². The van der Waals surface area contributed by atoms with E-state index in [0.717, 1.165) is 51.4 Å². The van der Waals surface area contributed by atoms with Crippen LogP contribution in [-0.4, -0.2) is 52.5 Å². The predicted molar refractivity (Wildman–Crippen MR) is 141 cm³/mol. The quantitative estimate of drug-likeness (QED) is 0.397. The van der Waals surface area contributed by atoms with Crippen LogP contribution in [0.4, 0.5) is 0 Å². The van der Waals surface area contributed by atoms with Crippen molar-refractivity contribution in [3.63, 3.8) is 0 Å². The van der Waals surface area contributed by atoms with Crippen LogP contribution in [0.15, 0.2) is 11.1 Å². The van der Waals surface area contributed by atoms with Gasteiger partial charge in [-0.25, -0.2) is 0 Å². The minimum atomic E-state index is -0.697. The van der Waals surface area contributed by atoms with Crippen LogP contribution in [0.25, 0.3) is 0 Å². The Balaban J connectivity index is 1.57. The molecule has 1 spiro atoms. The lowest BCUT2D eigenvalue weighted by Crippen LogP contribution is -2.59. The van der Waals surface area contributed by atoms with Crippen molar-refractivity contribution in [1.29, 1.82) is 0 Å². The van der Waals surface area contributed by atoms with Gasteiger partial charge in [0, 0.05) is 30.1 Å². The molecule has 0 radical (unpaired) electrons. The van der Waals surface area contributed by atoms with Crippen LogP contribution in [0.3, 0.4) is 0 Å². The molecule has 4 aliphatic carbocycles. The number of hydrogen-bond acceptors (Lipinski definition) is 6. The Labute approximate surface area is 222 Å². The van der Waals surface area contributed by atoms with Crippen molar-refractivity contribution in [2.24, 2.45) is 33.5 Å². The van der Waals surface area contributed by atoms with E-state index in [4.69, 9.17) is 9.47 Å². The number of carbonyl (C=O) groups excluding carboxylic acids is 2. The molecular formula is C31H48O6. The summed E-state index contributed by atoms with van der Waals surface area (Å²) in [4.78, 5) is 25.1. The predicted octanol–water partition coefficient (Wildman–Crippen LogP) is 5.14. The molecule has 0 aromatic rings. The molecule has 3 fully saturated rings. The van der Waals surface area contributed by atoms with E-state index in [-0.39, 0.29) is 46.4 Å². The van der Waals surface area contributed by atoms with Crippen molar-refractivity contribution in [1.82, 2.24) is 0 Å². The first-order valence-electron chi connectivity index (χ1n) is 14.7. The van der Waals surface area contributed by atoms with Crippen molar-refractivity contribution >= 4 is 11.8 Å². The second kappa shape index (κ2) is 8.63. The van der Waals surface area contributed by atoms with E-state index in [9.17, 15) is 19.8 Å². The third-order valence-corrected chi connectivity index (χ3v) is 12.9. The zero-order valence-electron chi connectivity index (χ0n) is 24.0. The number of esters is 1. The van der Waals surface area contributed by atoms with Gasteiger partial charge in [0.25, 0.3) is 0 Å². The number of allylic oxidation sites excluding steroid dienone is 2. The fraction of sp³-hybridized carbons (Fsp3) is 0.871. The Hall–Kier alpha value is -1.24. The number of Topliss-reactive ketones (excluding diaryl/α,β-unsaturated/α-hetero) is 1. The SMILES string of the molecule is CCC(=O)C1OC2(CCC3(C)C4=C(CCC32C)C2(C)CCC(O)C(C)(CO)C2CC4)C(C)C1OC(C)=O. The fourth-order valence-corrected chi connectivity index (χ4v) is 10.4. The Bertz CT molecular complexity index is 1020. The highest BCUT2D eigenvalue weighted by molar-refractivity contribution is 5.84. The molecule has 10 atom stereocenters. The highest BCUT2D eigenvalue weighted by Gasteiger charge is 2.74. The van der Waals surface area contributed by atoms with Crippen LogP contribution >= 0.6 is 0 Å². The number of aliphatic hydroxyl groups is 2. The smallest absolute Gasteiger partial charge is 0.303 e. The summed E-state index contributed by atoms with van der Waals surface area (Å²) in [6, 6.07) is 0. The summed E-state index contributed by atoms with van der Waals surface area (Å²) in [6.45, 7) is 14.7. The molecule has 6 heteroatoms. The largest absolute Gasteiger partial charge is 0.459 e. The van der Waals surface area contributed by atoms with Crippen LogP contribution in [0.2, 0.25) is 0 Å². The lowest BCUT2D eigenvalue weighted by Gasteiger charge is -2.63. The standard InChI is InChI=1S/C31H48O6/c1-8-22(34)26-25(36-19(3)33)18(2)31(37-26)16-15-29(6)21-9-10-23-27(4,20(21)11-14-30(29,31)7)13-12-24(35)28(23,5)17-32/h18,23-26,32,35H,8-17H2,1-7H3. The monoisotopic (exact) mass is 516 g/mol. The van der Waals surface area contributed by atoms with E-state index >= 15 is 0 Å². The maximum absolute atomic E-state index is 13.0. The average Bonchev–Trinajstić information content (AvgIpc) is 3.27. The molecule has 0 aromatic heterocycles. The molecule has 0 aromatic carbocycles. The van der Waals surface area contributed by atoms with E-state index in [2.05, 4.69) is 34.6 Å². The van der Waals surface area contributed by atoms with Crippen LogP contribution < -0.4 is 0 Å². The van der Waals surface area contributed by atoms with Gasteiger partial charge in [-0.05, 0) is 68.1 Å². The summed E-state index contributed by atoms with van der Waals surface area (Å²) in [5, 5.41) is 21.3. The minimum absolute atomic E-state index is 0.0139. The van der Waals surface area contributed by atoms with Gasteiger partial charge in [0.15, 0.2) is 11.9 Å². The number of fused-ring (bicyclic) bond motifs is 5. The summed E-state index contributed by atoms with van der Waals surface area (Å²) < 4.78 is 12.7. The first-order valence-corrected chi connectivity index (χ1v) is 14.7.